The molecule has 0 saturated carbocycles. The average molecular weight is 352 g/mol. The minimum Gasteiger partial charge on any atom is -0.444 e. The van der Waals surface area contributed by atoms with Crippen molar-refractivity contribution < 1.29 is 18.5 Å². The van der Waals surface area contributed by atoms with Crippen molar-refractivity contribution in [3.8, 4) is 0 Å². The van der Waals surface area contributed by atoms with Gasteiger partial charge in [-0.3, -0.25) is 13.9 Å². The van der Waals surface area contributed by atoms with E-state index in [1.165, 1.54) is 4.90 Å². The molecular weight excluding hydrogens is 328 g/mol. The third kappa shape index (κ3) is 4.80. The number of nitrogens with one attached hydrogen (secondary N) is 1. The van der Waals surface area contributed by atoms with Crippen LogP contribution in [0.5, 0.6) is 0 Å². The number of amides is 2. The van der Waals surface area contributed by atoms with Crippen LogP contribution in [0.2, 0.25) is 0 Å². The normalized spacial score (nSPS) is 19.0. The second-order valence-electron chi connectivity index (χ2n) is 6.80. The number of carbonyl (C=O) groups is 2. The van der Waals surface area contributed by atoms with Crippen LogP contribution in [-0.2, 0) is 20.3 Å². The third-order valence-electron chi connectivity index (χ3n) is 3.62. The van der Waals surface area contributed by atoms with E-state index in [1.54, 1.807) is 51.3 Å². The van der Waals surface area contributed by atoms with Crippen LogP contribution in [0.4, 0.5) is 10.5 Å². The van der Waals surface area contributed by atoms with E-state index in [2.05, 4.69) is 5.32 Å². The van der Waals surface area contributed by atoms with Crippen molar-refractivity contribution >= 4 is 28.5 Å². The Bertz CT molecular complexity index is 654. The molecule has 1 aliphatic heterocycles. The standard InChI is InChI=1S/C17H24N2O4S/c1-17(2,3)23-16(21)19-10-6-9-14(19)15(20)18-12-7-5-8-13(11-12)24(4)22/h5,7-8,11,14H,6,9-10H2,1-4H3,(H,18,20)/t14-,24+/m0/s1. The summed E-state index contributed by atoms with van der Waals surface area (Å²) in [6.45, 7) is 5.90. The molecule has 1 saturated heterocycles. The van der Waals surface area contributed by atoms with Crippen LogP contribution in [-0.4, -0.2) is 45.6 Å². The van der Waals surface area contributed by atoms with Crippen molar-refractivity contribution in [2.75, 3.05) is 18.1 Å². The van der Waals surface area contributed by atoms with E-state index in [4.69, 9.17) is 4.74 Å². The maximum absolute atomic E-state index is 12.5. The highest BCUT2D eigenvalue weighted by molar-refractivity contribution is 7.84. The molecule has 0 unspecified atom stereocenters. The Labute approximate surface area is 145 Å². The molecule has 1 aromatic carbocycles. The first-order chi connectivity index (χ1) is 11.2. The quantitative estimate of drug-likeness (QED) is 0.907. The van der Waals surface area contributed by atoms with E-state index < -0.39 is 28.5 Å². The summed E-state index contributed by atoms with van der Waals surface area (Å²) in [7, 11) is -1.12. The SMILES string of the molecule is C[S@@](=O)c1cccc(NC(=O)[C@@H]2CCCN2C(=O)OC(C)(C)C)c1. The summed E-state index contributed by atoms with van der Waals surface area (Å²) in [5.74, 6) is -0.252. The van der Waals surface area contributed by atoms with Gasteiger partial charge in [0.2, 0.25) is 5.91 Å². The molecule has 2 atom stereocenters. The van der Waals surface area contributed by atoms with E-state index in [0.29, 0.717) is 23.5 Å². The second kappa shape index (κ2) is 7.34. The summed E-state index contributed by atoms with van der Waals surface area (Å²) in [5.41, 5.74) is -0.0241. The molecule has 0 radical (unpaired) electrons. The van der Waals surface area contributed by atoms with Crippen molar-refractivity contribution in [3.63, 3.8) is 0 Å². The summed E-state index contributed by atoms with van der Waals surface area (Å²) in [4.78, 5) is 26.9. The van der Waals surface area contributed by atoms with Crippen LogP contribution >= 0.6 is 0 Å². The first kappa shape index (κ1) is 18.4. The Hall–Kier alpha value is -1.89. The zero-order valence-corrected chi connectivity index (χ0v) is 15.3. The molecule has 1 N–H and O–H groups in total. The van der Waals surface area contributed by atoms with Gasteiger partial charge in [0.15, 0.2) is 0 Å². The number of hydrogen-bond donors (Lipinski definition) is 1. The van der Waals surface area contributed by atoms with Crippen LogP contribution in [0, 0.1) is 0 Å². The van der Waals surface area contributed by atoms with E-state index in [0.717, 1.165) is 6.42 Å². The highest BCUT2D eigenvalue weighted by Gasteiger charge is 2.36. The Balaban J connectivity index is 2.07. The topological polar surface area (TPSA) is 75.7 Å². The molecule has 132 valence electrons. The van der Waals surface area contributed by atoms with Gasteiger partial charge in [0.25, 0.3) is 0 Å². The summed E-state index contributed by atoms with van der Waals surface area (Å²) >= 11 is 0. The molecule has 0 aromatic heterocycles. The fourth-order valence-electron chi connectivity index (χ4n) is 2.56. The lowest BCUT2D eigenvalue weighted by atomic mass is 10.2. The number of benzene rings is 1. The number of hydrogen-bond acceptors (Lipinski definition) is 4. The average Bonchev–Trinajstić information content (AvgIpc) is 2.95. The van der Waals surface area contributed by atoms with Gasteiger partial charge in [0.1, 0.15) is 11.6 Å². The lowest BCUT2D eigenvalue weighted by Gasteiger charge is -2.28. The van der Waals surface area contributed by atoms with Gasteiger partial charge in [-0.2, -0.15) is 0 Å². The highest BCUT2D eigenvalue weighted by Crippen LogP contribution is 2.22. The monoisotopic (exact) mass is 352 g/mol. The Kier molecular flexibility index (Phi) is 5.64. The second-order valence-corrected chi connectivity index (χ2v) is 8.18. The molecule has 7 heteroatoms. The Morgan fingerprint density at radius 2 is 2.04 bits per heavy atom. The van der Waals surface area contributed by atoms with Crippen LogP contribution < -0.4 is 5.32 Å². The molecule has 0 bridgehead atoms. The van der Waals surface area contributed by atoms with Crippen molar-refractivity contribution in [2.45, 2.75) is 50.2 Å². The molecule has 24 heavy (non-hydrogen) atoms. The molecule has 1 fully saturated rings. The molecule has 6 nitrogen and oxygen atoms in total. The molecular formula is C17H24N2O4S. The van der Waals surface area contributed by atoms with Gasteiger partial charge in [-0.25, -0.2) is 4.79 Å². The van der Waals surface area contributed by atoms with Crippen LogP contribution in [0.25, 0.3) is 0 Å². The number of ether oxygens (including phenoxy) is 1. The summed E-state index contributed by atoms with van der Waals surface area (Å²) < 4.78 is 16.9. The summed E-state index contributed by atoms with van der Waals surface area (Å²) in [6, 6.07) is 6.36. The first-order valence-corrected chi connectivity index (χ1v) is 9.47. The molecule has 0 aliphatic carbocycles. The number of carbonyl (C=O) groups excluding carboxylic acids is 2. The van der Waals surface area contributed by atoms with Crippen LogP contribution in [0.3, 0.4) is 0 Å². The fourth-order valence-corrected chi connectivity index (χ4v) is 3.12. The predicted molar refractivity (Wildman–Crippen MR) is 93.4 cm³/mol. The fraction of sp³-hybridized carbons (Fsp3) is 0.529. The van der Waals surface area contributed by atoms with Gasteiger partial charge in [-0.15, -0.1) is 0 Å². The van der Waals surface area contributed by atoms with Gasteiger partial charge >= 0.3 is 6.09 Å². The first-order valence-electron chi connectivity index (χ1n) is 7.91. The maximum atomic E-state index is 12.5. The molecule has 1 heterocycles. The molecule has 2 rings (SSSR count). The Morgan fingerprint density at radius 3 is 2.67 bits per heavy atom. The lowest BCUT2D eigenvalue weighted by molar-refractivity contribution is -0.120. The van der Waals surface area contributed by atoms with Gasteiger partial charge < -0.3 is 10.1 Å². The minimum atomic E-state index is -1.12. The highest BCUT2D eigenvalue weighted by atomic mass is 32.2. The number of likely N-dealkylation sites (tertiary alicyclic amines) is 1. The lowest BCUT2D eigenvalue weighted by Crippen LogP contribution is -2.45. The minimum absolute atomic E-state index is 0.252. The number of nitrogens with zero attached hydrogens (tertiary/aromatic N) is 1. The van der Waals surface area contributed by atoms with Crippen molar-refractivity contribution in [2.24, 2.45) is 0 Å². The maximum Gasteiger partial charge on any atom is 0.410 e. The zero-order chi connectivity index (χ0) is 17.9. The van der Waals surface area contributed by atoms with Gasteiger partial charge in [0.05, 0.1) is 0 Å². The van der Waals surface area contributed by atoms with Crippen molar-refractivity contribution in [3.05, 3.63) is 24.3 Å². The summed E-state index contributed by atoms with van der Waals surface area (Å²) in [5, 5.41) is 2.80. The van der Waals surface area contributed by atoms with Gasteiger partial charge in [0, 0.05) is 34.2 Å². The van der Waals surface area contributed by atoms with Crippen molar-refractivity contribution in [1.29, 1.82) is 0 Å². The molecule has 1 aliphatic rings. The Morgan fingerprint density at radius 1 is 1.33 bits per heavy atom. The molecule has 1 aromatic rings. The van der Waals surface area contributed by atoms with Gasteiger partial charge in [-0.1, -0.05) is 6.07 Å². The number of rotatable bonds is 3. The smallest absolute Gasteiger partial charge is 0.410 e. The van der Waals surface area contributed by atoms with E-state index in [-0.39, 0.29) is 5.91 Å². The predicted octanol–water partition coefficient (Wildman–Crippen LogP) is 2.76. The van der Waals surface area contributed by atoms with Crippen LogP contribution in [0.1, 0.15) is 33.6 Å². The summed E-state index contributed by atoms with van der Waals surface area (Å²) in [6.07, 6.45) is 2.48. The van der Waals surface area contributed by atoms with E-state index in [9.17, 15) is 13.8 Å². The van der Waals surface area contributed by atoms with Gasteiger partial charge in [-0.05, 0) is 51.8 Å². The molecule has 2 amide bonds. The molecule has 0 spiro atoms. The third-order valence-corrected chi connectivity index (χ3v) is 4.53. The zero-order valence-electron chi connectivity index (χ0n) is 14.5. The van der Waals surface area contributed by atoms with Crippen LogP contribution in [0.15, 0.2) is 29.2 Å². The number of anilines is 1. The largest absolute Gasteiger partial charge is 0.444 e. The van der Waals surface area contributed by atoms with E-state index >= 15 is 0 Å². The van der Waals surface area contributed by atoms with E-state index in [1.807, 2.05) is 0 Å². The van der Waals surface area contributed by atoms with Crippen molar-refractivity contribution in [1.82, 2.24) is 4.90 Å².